The fraction of sp³-hybridized carbons (Fsp3) is 0.909. The van der Waals surface area contributed by atoms with Crippen LogP contribution in [-0.2, 0) is 16.4 Å². The van der Waals surface area contributed by atoms with Crippen LogP contribution in [0.1, 0.15) is 27.2 Å². The van der Waals surface area contributed by atoms with Gasteiger partial charge in [-0.1, -0.05) is 18.7 Å². The van der Waals surface area contributed by atoms with E-state index in [0.717, 1.165) is 19.5 Å². The van der Waals surface area contributed by atoms with Crippen molar-refractivity contribution >= 4 is 21.6 Å². The molecule has 7 nitrogen and oxygen atoms in total. The first kappa shape index (κ1) is 17.4. The van der Waals surface area contributed by atoms with Gasteiger partial charge in [-0.25, -0.2) is 13.1 Å². The molecule has 20 heavy (non-hydrogen) atoms. The van der Waals surface area contributed by atoms with E-state index in [0.29, 0.717) is 17.5 Å². The minimum Gasteiger partial charge on any atom is -0.315 e. The van der Waals surface area contributed by atoms with Gasteiger partial charge in [-0.2, -0.15) is 0 Å². The van der Waals surface area contributed by atoms with Gasteiger partial charge in [0.15, 0.2) is 9.84 Å². The van der Waals surface area contributed by atoms with Crippen molar-refractivity contribution in [1.29, 1.82) is 0 Å². The molecule has 0 spiro atoms. The van der Waals surface area contributed by atoms with Gasteiger partial charge in [0.2, 0.25) is 5.16 Å². The third-order valence-corrected chi connectivity index (χ3v) is 6.17. The highest BCUT2D eigenvalue weighted by Crippen LogP contribution is 2.15. The van der Waals surface area contributed by atoms with E-state index in [2.05, 4.69) is 27.8 Å². The maximum absolute atomic E-state index is 11.7. The van der Waals surface area contributed by atoms with Crippen molar-refractivity contribution in [2.24, 2.45) is 0 Å². The Hall–Kier alpha value is -0.670. The Bertz CT molecular complexity index is 487. The molecule has 116 valence electrons. The molecule has 0 fully saturated rings. The summed E-state index contributed by atoms with van der Waals surface area (Å²) in [7, 11) is -3.00. The summed E-state index contributed by atoms with van der Waals surface area (Å²) in [5, 5.41) is 15.1. The van der Waals surface area contributed by atoms with E-state index in [1.54, 1.807) is 18.5 Å². The van der Waals surface area contributed by atoms with Crippen LogP contribution >= 0.6 is 11.8 Å². The molecule has 0 aliphatic heterocycles. The summed E-state index contributed by atoms with van der Waals surface area (Å²) in [6.07, 6.45) is 1.09. The number of sulfone groups is 1. The quantitative estimate of drug-likeness (QED) is 0.498. The van der Waals surface area contributed by atoms with Crippen LogP contribution in [-0.4, -0.2) is 58.5 Å². The SMILES string of the molecule is CCCNCCn1nnnc1SCCS(=O)(=O)C(C)C. The lowest BCUT2D eigenvalue weighted by molar-refractivity contribution is 0.510. The number of tetrazole rings is 1. The summed E-state index contributed by atoms with van der Waals surface area (Å²) in [5.41, 5.74) is 0. The van der Waals surface area contributed by atoms with Crippen molar-refractivity contribution in [2.45, 2.75) is 44.1 Å². The van der Waals surface area contributed by atoms with Crippen LogP contribution in [0.5, 0.6) is 0 Å². The first-order valence-electron chi connectivity index (χ1n) is 6.78. The van der Waals surface area contributed by atoms with Gasteiger partial charge < -0.3 is 5.32 Å². The molecule has 1 N–H and O–H groups in total. The fourth-order valence-electron chi connectivity index (χ4n) is 1.41. The predicted molar refractivity (Wildman–Crippen MR) is 80.6 cm³/mol. The van der Waals surface area contributed by atoms with E-state index in [1.807, 2.05) is 0 Å². The average Bonchev–Trinajstić information content (AvgIpc) is 2.82. The van der Waals surface area contributed by atoms with Gasteiger partial charge in [0.25, 0.3) is 0 Å². The minimum absolute atomic E-state index is 0.149. The van der Waals surface area contributed by atoms with Gasteiger partial charge >= 0.3 is 0 Å². The van der Waals surface area contributed by atoms with Gasteiger partial charge in [-0.3, -0.25) is 0 Å². The van der Waals surface area contributed by atoms with Gasteiger partial charge in [0.05, 0.1) is 17.5 Å². The second kappa shape index (κ2) is 8.58. The second-order valence-corrected chi connectivity index (χ2v) is 8.44. The summed E-state index contributed by atoms with van der Waals surface area (Å²) in [4.78, 5) is 0. The van der Waals surface area contributed by atoms with Crippen LogP contribution < -0.4 is 5.32 Å². The number of hydrogen-bond acceptors (Lipinski definition) is 7. The number of aromatic nitrogens is 4. The van der Waals surface area contributed by atoms with Crippen LogP contribution in [0.4, 0.5) is 0 Å². The van der Waals surface area contributed by atoms with Crippen LogP contribution in [0.3, 0.4) is 0 Å². The first-order valence-corrected chi connectivity index (χ1v) is 9.48. The zero-order valence-electron chi connectivity index (χ0n) is 12.2. The average molecular weight is 321 g/mol. The molecule has 0 atom stereocenters. The lowest BCUT2D eigenvalue weighted by Gasteiger charge is -2.07. The van der Waals surface area contributed by atoms with E-state index in [4.69, 9.17) is 0 Å². The molecule has 1 aromatic heterocycles. The Morgan fingerprint density at radius 2 is 2.10 bits per heavy atom. The molecule has 1 aromatic rings. The van der Waals surface area contributed by atoms with Gasteiger partial charge in [0, 0.05) is 12.3 Å². The number of nitrogens with zero attached hydrogens (tertiary/aromatic N) is 4. The maximum atomic E-state index is 11.7. The molecular weight excluding hydrogens is 298 g/mol. The number of rotatable bonds is 10. The van der Waals surface area contributed by atoms with Crippen LogP contribution in [0.2, 0.25) is 0 Å². The Balaban J connectivity index is 2.39. The molecule has 0 unspecified atom stereocenters. The standard InChI is InChI=1S/C11H23N5O2S2/c1-4-5-12-6-7-16-11(13-14-15-16)19-8-9-20(17,18)10(2)3/h10,12H,4-9H2,1-3H3. The van der Waals surface area contributed by atoms with Crippen molar-refractivity contribution < 1.29 is 8.42 Å². The topological polar surface area (TPSA) is 89.8 Å². The van der Waals surface area contributed by atoms with Gasteiger partial charge in [0.1, 0.15) is 0 Å². The maximum Gasteiger partial charge on any atom is 0.209 e. The summed E-state index contributed by atoms with van der Waals surface area (Å²) < 4.78 is 25.1. The number of nitrogens with one attached hydrogen (secondary N) is 1. The summed E-state index contributed by atoms with van der Waals surface area (Å²) in [6.45, 7) is 7.97. The molecule has 0 aliphatic rings. The second-order valence-electron chi connectivity index (χ2n) is 4.70. The van der Waals surface area contributed by atoms with Crippen LogP contribution in [0, 0.1) is 0 Å². The highest BCUT2D eigenvalue weighted by atomic mass is 32.2. The molecular formula is C11H23N5O2S2. The Labute approximate surface area is 124 Å². The molecule has 1 rings (SSSR count). The third kappa shape index (κ3) is 5.76. The molecule has 1 heterocycles. The van der Waals surface area contributed by atoms with E-state index < -0.39 is 9.84 Å². The first-order chi connectivity index (χ1) is 9.47. The molecule has 0 radical (unpaired) electrons. The summed E-state index contributed by atoms with van der Waals surface area (Å²) in [6, 6.07) is 0. The number of thioether (sulfide) groups is 1. The van der Waals surface area contributed by atoms with Gasteiger partial charge in [-0.15, -0.1) is 5.10 Å². The zero-order valence-corrected chi connectivity index (χ0v) is 13.9. The highest BCUT2D eigenvalue weighted by molar-refractivity contribution is 8.00. The predicted octanol–water partition coefficient (Wildman–Crippen LogP) is 0.588. The van der Waals surface area contributed by atoms with E-state index >= 15 is 0 Å². The molecule has 0 aliphatic carbocycles. The normalized spacial score (nSPS) is 12.2. The highest BCUT2D eigenvalue weighted by Gasteiger charge is 2.16. The van der Waals surface area contributed by atoms with Crippen molar-refractivity contribution in [1.82, 2.24) is 25.5 Å². The van der Waals surface area contributed by atoms with Crippen molar-refractivity contribution in [2.75, 3.05) is 24.6 Å². The molecule has 0 saturated carbocycles. The van der Waals surface area contributed by atoms with E-state index in [1.165, 1.54) is 11.8 Å². The summed E-state index contributed by atoms with van der Waals surface area (Å²) >= 11 is 1.38. The lowest BCUT2D eigenvalue weighted by Crippen LogP contribution is -2.22. The number of hydrogen-bond donors (Lipinski definition) is 1. The minimum atomic E-state index is -3.00. The molecule has 0 aromatic carbocycles. The molecule has 9 heteroatoms. The Morgan fingerprint density at radius 1 is 1.35 bits per heavy atom. The third-order valence-electron chi connectivity index (χ3n) is 2.74. The monoisotopic (exact) mass is 321 g/mol. The van der Waals surface area contributed by atoms with E-state index in [9.17, 15) is 8.42 Å². The Morgan fingerprint density at radius 3 is 2.75 bits per heavy atom. The van der Waals surface area contributed by atoms with Crippen molar-refractivity contribution in [3.8, 4) is 0 Å². The van der Waals surface area contributed by atoms with Crippen molar-refractivity contribution in [3.63, 3.8) is 0 Å². The Kier molecular flexibility index (Phi) is 7.46. The van der Waals surface area contributed by atoms with Crippen molar-refractivity contribution in [3.05, 3.63) is 0 Å². The van der Waals surface area contributed by atoms with E-state index in [-0.39, 0.29) is 11.0 Å². The molecule has 0 saturated heterocycles. The molecule has 0 amide bonds. The van der Waals surface area contributed by atoms with Crippen LogP contribution in [0.15, 0.2) is 5.16 Å². The van der Waals surface area contributed by atoms with Gasteiger partial charge in [-0.05, 0) is 37.2 Å². The zero-order chi connectivity index (χ0) is 15.0. The smallest absolute Gasteiger partial charge is 0.209 e. The fourth-order valence-corrected chi connectivity index (χ4v) is 3.70. The molecule has 0 bridgehead atoms. The summed E-state index contributed by atoms with van der Waals surface area (Å²) in [5.74, 6) is 0.625. The largest absolute Gasteiger partial charge is 0.315 e. The lowest BCUT2D eigenvalue weighted by atomic mass is 10.5. The van der Waals surface area contributed by atoms with Crippen LogP contribution in [0.25, 0.3) is 0 Å².